The fourth-order valence-electron chi connectivity index (χ4n) is 4.11. The average Bonchev–Trinajstić information content (AvgIpc) is 3.20. The highest BCUT2D eigenvalue weighted by Gasteiger charge is 2.43. The SMILES string of the molecule is [B]C1([B])c2ncccc2C(=O)N1Cc1c(C)cc(-c2ccnc3nn(C)cc23)cc1F. The molecule has 0 bridgehead atoms. The third-order valence-corrected chi connectivity index (χ3v) is 5.69. The van der Waals surface area contributed by atoms with Gasteiger partial charge in [-0.1, -0.05) is 6.07 Å². The van der Waals surface area contributed by atoms with E-state index in [0.717, 1.165) is 10.9 Å². The number of carbonyl (C=O) groups is 1. The number of halogens is 1. The first-order valence-electron chi connectivity index (χ1n) is 9.70. The second-order valence-electron chi connectivity index (χ2n) is 7.77. The Morgan fingerprint density at radius 3 is 2.68 bits per heavy atom. The van der Waals surface area contributed by atoms with Crippen LogP contribution in [-0.2, 0) is 18.9 Å². The molecular formula is C22H16B2FN5O. The topological polar surface area (TPSA) is 63.9 Å². The van der Waals surface area contributed by atoms with Gasteiger partial charge in [-0.15, -0.1) is 0 Å². The van der Waals surface area contributed by atoms with Crippen molar-refractivity contribution in [3.63, 3.8) is 0 Å². The van der Waals surface area contributed by atoms with Gasteiger partial charge < -0.3 is 4.90 Å². The normalized spacial score (nSPS) is 14.9. The number of pyridine rings is 2. The smallest absolute Gasteiger partial charge is 0.255 e. The monoisotopic (exact) mass is 407 g/mol. The van der Waals surface area contributed by atoms with Crippen LogP contribution in [0.25, 0.3) is 22.2 Å². The van der Waals surface area contributed by atoms with Gasteiger partial charge in [-0.05, 0) is 47.9 Å². The maximum atomic E-state index is 15.3. The van der Waals surface area contributed by atoms with Crippen molar-refractivity contribution in [1.82, 2.24) is 24.6 Å². The largest absolute Gasteiger partial charge is 0.340 e. The molecule has 6 nitrogen and oxygen atoms in total. The van der Waals surface area contributed by atoms with Crippen molar-refractivity contribution in [2.45, 2.75) is 18.8 Å². The van der Waals surface area contributed by atoms with Crippen LogP contribution in [-0.4, -0.2) is 46.2 Å². The quantitative estimate of drug-likeness (QED) is 0.490. The van der Waals surface area contributed by atoms with Gasteiger partial charge in [0.25, 0.3) is 5.91 Å². The second kappa shape index (κ2) is 6.77. The molecule has 1 amide bonds. The second-order valence-corrected chi connectivity index (χ2v) is 7.77. The Kier molecular flexibility index (Phi) is 4.25. The van der Waals surface area contributed by atoms with Crippen LogP contribution in [0, 0.1) is 12.7 Å². The van der Waals surface area contributed by atoms with E-state index in [1.807, 2.05) is 25.4 Å². The predicted molar refractivity (Wildman–Crippen MR) is 116 cm³/mol. The van der Waals surface area contributed by atoms with Crippen molar-refractivity contribution in [2.75, 3.05) is 0 Å². The molecular weight excluding hydrogens is 391 g/mol. The van der Waals surface area contributed by atoms with Crippen molar-refractivity contribution in [1.29, 1.82) is 0 Å². The molecule has 1 aromatic carbocycles. The van der Waals surface area contributed by atoms with E-state index in [2.05, 4.69) is 15.1 Å². The fourth-order valence-corrected chi connectivity index (χ4v) is 4.11. The lowest BCUT2D eigenvalue weighted by Crippen LogP contribution is -2.45. The molecule has 0 unspecified atom stereocenters. The zero-order valence-electron chi connectivity index (χ0n) is 17.0. The first-order valence-corrected chi connectivity index (χ1v) is 9.70. The lowest BCUT2D eigenvalue weighted by molar-refractivity contribution is 0.0729. The molecule has 1 aliphatic heterocycles. The molecule has 5 rings (SSSR count). The molecule has 4 aromatic rings. The van der Waals surface area contributed by atoms with Crippen molar-refractivity contribution < 1.29 is 9.18 Å². The first-order chi connectivity index (χ1) is 14.8. The number of hydrogen-bond donors (Lipinski definition) is 0. The van der Waals surface area contributed by atoms with Gasteiger partial charge >= 0.3 is 0 Å². The van der Waals surface area contributed by atoms with Crippen LogP contribution in [0.3, 0.4) is 0 Å². The van der Waals surface area contributed by atoms with Crippen LogP contribution < -0.4 is 0 Å². The Morgan fingerprint density at radius 1 is 1.13 bits per heavy atom. The molecule has 148 valence electrons. The first kappa shape index (κ1) is 19.5. The van der Waals surface area contributed by atoms with E-state index in [1.165, 1.54) is 17.2 Å². The molecule has 0 aliphatic carbocycles. The summed E-state index contributed by atoms with van der Waals surface area (Å²) < 4.78 is 17.0. The molecule has 0 saturated carbocycles. The van der Waals surface area contributed by atoms with E-state index in [4.69, 9.17) is 15.7 Å². The third-order valence-electron chi connectivity index (χ3n) is 5.69. The zero-order valence-corrected chi connectivity index (χ0v) is 17.0. The fraction of sp³-hybridized carbons (Fsp3) is 0.182. The van der Waals surface area contributed by atoms with Crippen LogP contribution in [0.1, 0.15) is 27.2 Å². The molecule has 4 radical (unpaired) electrons. The molecule has 3 aromatic heterocycles. The van der Waals surface area contributed by atoms with Gasteiger partial charge in [0, 0.05) is 48.5 Å². The number of aromatic nitrogens is 4. The lowest BCUT2D eigenvalue weighted by Gasteiger charge is -2.33. The molecule has 0 atom stereocenters. The lowest BCUT2D eigenvalue weighted by atomic mass is 9.59. The highest BCUT2D eigenvalue weighted by atomic mass is 19.1. The van der Waals surface area contributed by atoms with E-state index in [-0.39, 0.29) is 18.1 Å². The number of fused-ring (bicyclic) bond motifs is 2. The van der Waals surface area contributed by atoms with Crippen LogP contribution in [0.4, 0.5) is 4.39 Å². The number of rotatable bonds is 3. The summed E-state index contributed by atoms with van der Waals surface area (Å²) in [5.41, 5.74) is 3.75. The summed E-state index contributed by atoms with van der Waals surface area (Å²) in [6, 6.07) is 8.42. The summed E-state index contributed by atoms with van der Waals surface area (Å²) in [5, 5.41) is 3.52. The Morgan fingerprint density at radius 2 is 1.94 bits per heavy atom. The van der Waals surface area contributed by atoms with Gasteiger partial charge in [0.2, 0.25) is 0 Å². The summed E-state index contributed by atoms with van der Waals surface area (Å²) in [6.45, 7) is 1.73. The summed E-state index contributed by atoms with van der Waals surface area (Å²) in [5.74, 6) is -0.821. The van der Waals surface area contributed by atoms with Crippen LogP contribution in [0.5, 0.6) is 0 Å². The minimum absolute atomic E-state index is 0.0706. The van der Waals surface area contributed by atoms with Crippen molar-refractivity contribution in [3.8, 4) is 11.1 Å². The van der Waals surface area contributed by atoms with Gasteiger partial charge in [-0.25, -0.2) is 9.37 Å². The Balaban J connectivity index is 1.55. The van der Waals surface area contributed by atoms with Crippen LogP contribution in [0.2, 0.25) is 0 Å². The maximum Gasteiger partial charge on any atom is 0.255 e. The van der Waals surface area contributed by atoms with Gasteiger partial charge in [0.15, 0.2) is 5.65 Å². The van der Waals surface area contributed by atoms with Crippen LogP contribution >= 0.6 is 0 Å². The standard InChI is InChI=1S/C22H16B2FN5O/c1-12-8-13(14-5-7-27-20-17(14)10-29(2)28-20)9-18(25)16(12)11-30-21(31)15-4-3-6-26-19(15)22(30,23)24/h3-10H,11H2,1-2H3. The Labute approximate surface area is 180 Å². The average molecular weight is 407 g/mol. The van der Waals surface area contributed by atoms with E-state index in [9.17, 15) is 4.79 Å². The summed E-state index contributed by atoms with van der Waals surface area (Å²) in [4.78, 5) is 22.5. The summed E-state index contributed by atoms with van der Waals surface area (Å²) in [6.07, 6.45) is 5.03. The molecule has 0 N–H and O–H groups in total. The number of carbonyl (C=O) groups excluding carboxylic acids is 1. The zero-order chi connectivity index (χ0) is 21.9. The summed E-state index contributed by atoms with van der Waals surface area (Å²) in [7, 11) is 14.3. The van der Waals surface area contributed by atoms with Gasteiger partial charge in [0.1, 0.15) is 5.82 Å². The van der Waals surface area contributed by atoms with E-state index in [1.54, 1.807) is 29.9 Å². The van der Waals surface area contributed by atoms with E-state index < -0.39 is 11.2 Å². The molecule has 4 heterocycles. The van der Waals surface area contributed by atoms with Gasteiger partial charge in [-0.3, -0.25) is 14.5 Å². The van der Waals surface area contributed by atoms with Gasteiger partial charge in [0.05, 0.1) is 26.9 Å². The number of hydrogen-bond acceptors (Lipinski definition) is 4. The maximum absolute atomic E-state index is 15.3. The molecule has 0 fully saturated rings. The number of amides is 1. The molecule has 0 spiro atoms. The Bertz CT molecular complexity index is 1340. The third kappa shape index (κ3) is 2.95. The minimum Gasteiger partial charge on any atom is -0.340 e. The van der Waals surface area contributed by atoms with Crippen molar-refractivity contribution >= 4 is 32.6 Å². The molecule has 9 heteroatoms. The molecule has 1 aliphatic rings. The molecule has 0 saturated heterocycles. The number of nitrogens with zero attached hydrogens (tertiary/aromatic N) is 5. The van der Waals surface area contributed by atoms with Gasteiger partial charge in [-0.2, -0.15) is 5.10 Å². The Hall–Kier alpha value is -3.48. The molecule has 31 heavy (non-hydrogen) atoms. The van der Waals surface area contributed by atoms with E-state index >= 15 is 4.39 Å². The summed E-state index contributed by atoms with van der Waals surface area (Å²) >= 11 is 0. The van der Waals surface area contributed by atoms with E-state index in [0.29, 0.717) is 27.9 Å². The minimum atomic E-state index is -1.61. The predicted octanol–water partition coefficient (Wildman–Crippen LogP) is 2.58. The number of benzene rings is 1. The van der Waals surface area contributed by atoms with Crippen molar-refractivity contribution in [3.05, 3.63) is 77.1 Å². The van der Waals surface area contributed by atoms with Crippen LogP contribution in [0.15, 0.2) is 48.9 Å². The highest BCUT2D eigenvalue weighted by Crippen LogP contribution is 2.36. The highest BCUT2D eigenvalue weighted by molar-refractivity contribution is 6.42. The number of aryl methyl sites for hydroxylation is 2. The van der Waals surface area contributed by atoms with Crippen molar-refractivity contribution in [2.24, 2.45) is 7.05 Å².